The van der Waals surface area contributed by atoms with Crippen LogP contribution in [-0.4, -0.2) is 64.3 Å². The number of hydrazine groups is 1. The Morgan fingerprint density at radius 2 is 1.98 bits per heavy atom. The lowest BCUT2D eigenvalue weighted by Gasteiger charge is -2.31. The summed E-state index contributed by atoms with van der Waals surface area (Å²) in [7, 11) is 0. The van der Waals surface area contributed by atoms with E-state index in [4.69, 9.17) is 11.2 Å². The molecule has 0 radical (unpaired) electrons. The molecule has 3 fully saturated rings. The highest BCUT2D eigenvalue weighted by Crippen LogP contribution is 2.42. The number of hydrogen-bond donors (Lipinski definition) is 1. The third-order valence-corrected chi connectivity index (χ3v) is 9.23. The van der Waals surface area contributed by atoms with E-state index >= 15 is 4.39 Å². The number of halogens is 5. The number of pyridine rings is 1. The van der Waals surface area contributed by atoms with Crippen LogP contribution in [-0.2, 0) is 0 Å². The number of alkyl halides is 3. The summed E-state index contributed by atoms with van der Waals surface area (Å²) in [6.45, 7) is 2.53. The van der Waals surface area contributed by atoms with Crippen molar-refractivity contribution in [2.75, 3.05) is 37.8 Å². The molecule has 12 heteroatoms. The van der Waals surface area contributed by atoms with Crippen molar-refractivity contribution in [1.29, 1.82) is 0 Å². The standard InChI is InChI=1S/C33H31F5N6O/c1-2-22-25(35)8-7-19-13-20(30(37)38)14-23(26(19)22)28-27(36)29-24(16-39-28)31(44-12-5-3-4-10-40-44)42-32(41-29)45-18-33-9-6-11-43(33)17-21(34)15-33/h1,7-8,13-14,16,21,30,40H,3-6,9-12,15,17-18H2/t21-,33+/m1/s1. The molecule has 5 heterocycles. The first-order chi connectivity index (χ1) is 21.8. The van der Waals surface area contributed by atoms with Gasteiger partial charge < -0.3 is 4.74 Å². The molecule has 2 atom stereocenters. The van der Waals surface area contributed by atoms with Crippen LogP contribution in [0.15, 0.2) is 30.5 Å². The van der Waals surface area contributed by atoms with Gasteiger partial charge in [0.2, 0.25) is 0 Å². The molecule has 0 unspecified atom stereocenters. The van der Waals surface area contributed by atoms with E-state index in [1.807, 2.05) is 5.01 Å². The zero-order valence-electron chi connectivity index (χ0n) is 24.4. The van der Waals surface area contributed by atoms with E-state index in [-0.39, 0.29) is 51.1 Å². The average molecular weight is 623 g/mol. The highest BCUT2D eigenvalue weighted by Gasteiger charge is 2.49. The average Bonchev–Trinajstić information content (AvgIpc) is 3.41. The lowest BCUT2D eigenvalue weighted by atomic mass is 9.94. The van der Waals surface area contributed by atoms with Gasteiger partial charge in [0, 0.05) is 48.8 Å². The summed E-state index contributed by atoms with van der Waals surface area (Å²) in [5.41, 5.74) is 1.73. The number of rotatable bonds is 6. The maximum atomic E-state index is 16.7. The summed E-state index contributed by atoms with van der Waals surface area (Å²) in [6, 6.07) is 4.62. The first-order valence-electron chi connectivity index (χ1n) is 15.2. The second-order valence-corrected chi connectivity index (χ2v) is 12.0. The van der Waals surface area contributed by atoms with Gasteiger partial charge in [-0.2, -0.15) is 9.97 Å². The number of aromatic nitrogens is 3. The van der Waals surface area contributed by atoms with Gasteiger partial charge in [0.15, 0.2) is 11.6 Å². The van der Waals surface area contributed by atoms with E-state index < -0.39 is 35.3 Å². The molecule has 7 rings (SSSR count). The highest BCUT2D eigenvalue weighted by atomic mass is 19.3. The smallest absolute Gasteiger partial charge is 0.319 e. The van der Waals surface area contributed by atoms with Gasteiger partial charge in [-0.3, -0.25) is 14.9 Å². The fourth-order valence-corrected chi connectivity index (χ4v) is 7.09. The van der Waals surface area contributed by atoms with Gasteiger partial charge >= 0.3 is 6.01 Å². The van der Waals surface area contributed by atoms with Crippen molar-refractivity contribution in [3.63, 3.8) is 0 Å². The van der Waals surface area contributed by atoms with Gasteiger partial charge in [-0.1, -0.05) is 18.4 Å². The van der Waals surface area contributed by atoms with Crippen LogP contribution in [0.4, 0.5) is 27.8 Å². The number of terminal acetylenes is 1. The Morgan fingerprint density at radius 3 is 2.80 bits per heavy atom. The zero-order chi connectivity index (χ0) is 31.3. The van der Waals surface area contributed by atoms with E-state index in [2.05, 4.69) is 31.2 Å². The topological polar surface area (TPSA) is 66.4 Å². The molecular formula is C33H31F5N6O. The summed E-state index contributed by atoms with van der Waals surface area (Å²) in [5.74, 6) is 0.976. The molecule has 234 valence electrons. The first kappa shape index (κ1) is 29.6. The Morgan fingerprint density at radius 1 is 1.11 bits per heavy atom. The fourth-order valence-electron chi connectivity index (χ4n) is 7.09. The maximum absolute atomic E-state index is 16.7. The van der Waals surface area contributed by atoms with E-state index in [1.54, 1.807) is 0 Å². The first-order valence-corrected chi connectivity index (χ1v) is 15.2. The molecule has 3 saturated heterocycles. The van der Waals surface area contributed by atoms with Crippen LogP contribution in [0.1, 0.15) is 56.1 Å². The van der Waals surface area contributed by atoms with Crippen LogP contribution in [0.2, 0.25) is 0 Å². The van der Waals surface area contributed by atoms with Crippen LogP contribution < -0.4 is 15.2 Å². The largest absolute Gasteiger partial charge is 0.461 e. The number of fused-ring (bicyclic) bond motifs is 3. The summed E-state index contributed by atoms with van der Waals surface area (Å²) in [6.07, 6.45) is 8.02. The summed E-state index contributed by atoms with van der Waals surface area (Å²) in [5, 5.41) is 2.41. The number of ether oxygens (including phenoxy) is 1. The van der Waals surface area contributed by atoms with E-state index in [0.29, 0.717) is 31.9 Å². The predicted molar refractivity (Wildman–Crippen MR) is 161 cm³/mol. The molecule has 7 nitrogen and oxygen atoms in total. The van der Waals surface area contributed by atoms with Crippen LogP contribution in [0.25, 0.3) is 32.9 Å². The number of benzene rings is 2. The lowest BCUT2D eigenvalue weighted by molar-refractivity contribution is 0.107. The predicted octanol–water partition coefficient (Wildman–Crippen LogP) is 6.49. The van der Waals surface area contributed by atoms with Gasteiger partial charge in [0.1, 0.15) is 29.8 Å². The van der Waals surface area contributed by atoms with Crippen molar-refractivity contribution in [2.45, 2.75) is 56.7 Å². The molecule has 0 aliphatic carbocycles. The molecule has 2 aromatic carbocycles. The minimum atomic E-state index is -2.88. The molecule has 3 aliphatic rings. The van der Waals surface area contributed by atoms with Crippen LogP contribution in [0, 0.1) is 24.0 Å². The third-order valence-electron chi connectivity index (χ3n) is 9.23. The van der Waals surface area contributed by atoms with Gasteiger partial charge in [-0.15, -0.1) is 6.42 Å². The van der Waals surface area contributed by atoms with Crippen molar-refractivity contribution >= 4 is 27.5 Å². The van der Waals surface area contributed by atoms with E-state index in [9.17, 15) is 17.6 Å². The van der Waals surface area contributed by atoms with Crippen molar-refractivity contribution in [3.8, 4) is 29.6 Å². The SMILES string of the molecule is C#Cc1c(F)ccc2cc(C(F)F)cc(-c3ncc4c(N5CCCCCN5)nc(OC[C@@]56CCCN5C[C@H](F)C6)nc4c3F)c12. The third kappa shape index (κ3) is 5.21. The second-order valence-electron chi connectivity index (χ2n) is 12.0. The van der Waals surface area contributed by atoms with Crippen molar-refractivity contribution in [2.24, 2.45) is 0 Å². The van der Waals surface area contributed by atoms with Crippen molar-refractivity contribution in [3.05, 3.63) is 53.2 Å². The molecule has 0 bridgehead atoms. The van der Waals surface area contributed by atoms with Gasteiger partial charge in [-0.25, -0.2) is 27.4 Å². The molecule has 3 aliphatic heterocycles. The molecule has 45 heavy (non-hydrogen) atoms. The number of hydrogen-bond acceptors (Lipinski definition) is 7. The lowest BCUT2D eigenvalue weighted by Crippen LogP contribution is -2.43. The molecule has 0 spiro atoms. The minimum Gasteiger partial charge on any atom is -0.461 e. The number of nitrogens with zero attached hydrogens (tertiary/aromatic N) is 5. The van der Waals surface area contributed by atoms with Crippen LogP contribution in [0.3, 0.4) is 0 Å². The Hall–Kier alpha value is -4.08. The van der Waals surface area contributed by atoms with Crippen molar-refractivity contribution in [1.82, 2.24) is 25.3 Å². The summed E-state index contributed by atoms with van der Waals surface area (Å²) in [4.78, 5) is 15.6. The highest BCUT2D eigenvalue weighted by molar-refractivity contribution is 6.02. The van der Waals surface area contributed by atoms with Crippen LogP contribution >= 0.6 is 0 Å². The second kappa shape index (κ2) is 11.7. The quantitative estimate of drug-likeness (QED) is 0.195. The number of nitrogens with one attached hydrogen (secondary N) is 1. The molecule has 1 N–H and O–H groups in total. The minimum absolute atomic E-state index is 0.0781. The monoisotopic (exact) mass is 622 g/mol. The van der Waals surface area contributed by atoms with Gasteiger partial charge in [-0.05, 0) is 55.8 Å². The Labute approximate surface area is 256 Å². The van der Waals surface area contributed by atoms with Crippen molar-refractivity contribution < 1.29 is 26.7 Å². The van der Waals surface area contributed by atoms with E-state index in [1.165, 1.54) is 18.3 Å². The molecule has 0 amide bonds. The summed E-state index contributed by atoms with van der Waals surface area (Å²) >= 11 is 0. The Bertz CT molecular complexity index is 1820. The van der Waals surface area contributed by atoms with E-state index in [0.717, 1.165) is 50.8 Å². The zero-order valence-corrected chi connectivity index (χ0v) is 24.4. The normalized spacial score (nSPS) is 22.2. The molecule has 0 saturated carbocycles. The molecule has 4 aromatic rings. The van der Waals surface area contributed by atoms with Gasteiger partial charge in [0.25, 0.3) is 6.43 Å². The maximum Gasteiger partial charge on any atom is 0.319 e. The Balaban J connectivity index is 1.40. The van der Waals surface area contributed by atoms with Gasteiger partial charge in [0.05, 0.1) is 16.5 Å². The fraction of sp³-hybridized carbons (Fsp3) is 0.424. The molecular weight excluding hydrogens is 591 g/mol. The Kier molecular flexibility index (Phi) is 7.70. The van der Waals surface area contributed by atoms with Crippen LogP contribution in [0.5, 0.6) is 6.01 Å². The summed E-state index contributed by atoms with van der Waals surface area (Å²) < 4.78 is 80.1. The number of anilines is 1. The molecule has 2 aromatic heterocycles.